The van der Waals surface area contributed by atoms with Crippen LogP contribution in [0.15, 0.2) is 0 Å². The van der Waals surface area contributed by atoms with Crippen molar-refractivity contribution in [2.75, 3.05) is 38.5 Å². The molecule has 2 atom stereocenters. The van der Waals surface area contributed by atoms with Crippen LogP contribution in [0.4, 0.5) is 4.79 Å². The van der Waals surface area contributed by atoms with Gasteiger partial charge in [0.2, 0.25) is 10.0 Å². The number of urea groups is 1. The Labute approximate surface area is 132 Å². The topological polar surface area (TPSA) is 73.0 Å². The Bertz CT molecular complexity index is 536. The van der Waals surface area contributed by atoms with E-state index in [0.29, 0.717) is 13.1 Å². The maximum atomic E-state index is 12.0. The fourth-order valence-corrected chi connectivity index (χ4v) is 5.40. The van der Waals surface area contributed by atoms with Crippen molar-refractivity contribution in [3.63, 3.8) is 0 Å². The van der Waals surface area contributed by atoms with E-state index in [2.05, 4.69) is 10.2 Å². The van der Waals surface area contributed by atoms with Gasteiger partial charge < -0.3 is 10.2 Å². The van der Waals surface area contributed by atoms with Crippen molar-refractivity contribution in [1.82, 2.24) is 19.4 Å². The molecular weight excluding hydrogens is 304 g/mol. The predicted octanol–water partition coefficient (Wildman–Crippen LogP) is -0.102. The minimum absolute atomic E-state index is 0.0361. The molecule has 3 fully saturated rings. The number of piperidine rings is 1. The molecule has 0 aromatic heterocycles. The number of nitrogens with one attached hydrogen (secondary N) is 1. The Hall–Kier alpha value is -0.860. The largest absolute Gasteiger partial charge is 0.332 e. The number of fused-ring (bicyclic) bond motifs is 1. The van der Waals surface area contributed by atoms with Gasteiger partial charge in [0.25, 0.3) is 0 Å². The van der Waals surface area contributed by atoms with Crippen LogP contribution in [0.2, 0.25) is 0 Å². The molecule has 3 heterocycles. The smallest absolute Gasteiger partial charge is 0.318 e. The predicted molar refractivity (Wildman–Crippen MR) is 84.1 cm³/mol. The molecule has 0 radical (unpaired) electrons. The van der Waals surface area contributed by atoms with E-state index >= 15 is 0 Å². The van der Waals surface area contributed by atoms with Crippen molar-refractivity contribution in [3.05, 3.63) is 0 Å². The molecule has 7 nitrogen and oxygen atoms in total. The molecule has 0 aromatic carbocycles. The molecule has 3 aliphatic heterocycles. The van der Waals surface area contributed by atoms with Gasteiger partial charge in [0.15, 0.2) is 0 Å². The molecule has 2 amide bonds. The molecule has 0 spiro atoms. The van der Waals surface area contributed by atoms with E-state index in [4.69, 9.17) is 0 Å². The maximum Gasteiger partial charge on any atom is 0.318 e. The fraction of sp³-hybridized carbons (Fsp3) is 0.929. The third-order valence-electron chi connectivity index (χ3n) is 4.99. The summed E-state index contributed by atoms with van der Waals surface area (Å²) in [4.78, 5) is 16.3. The first kappa shape index (κ1) is 16.0. The van der Waals surface area contributed by atoms with Crippen LogP contribution in [-0.4, -0.2) is 85.2 Å². The average Bonchev–Trinajstić information content (AvgIpc) is 2.94. The van der Waals surface area contributed by atoms with Crippen LogP contribution in [0.25, 0.3) is 0 Å². The van der Waals surface area contributed by atoms with Crippen molar-refractivity contribution >= 4 is 16.1 Å². The van der Waals surface area contributed by atoms with Gasteiger partial charge in [0.05, 0.1) is 17.8 Å². The first-order valence-electron chi connectivity index (χ1n) is 8.17. The van der Waals surface area contributed by atoms with Gasteiger partial charge in [-0.1, -0.05) is 0 Å². The summed E-state index contributed by atoms with van der Waals surface area (Å²) in [5.74, 6) is 0.289. The van der Waals surface area contributed by atoms with Gasteiger partial charge in [-0.05, 0) is 26.7 Å². The third-order valence-corrected chi connectivity index (χ3v) is 6.94. The highest BCUT2D eigenvalue weighted by atomic mass is 32.2. The third kappa shape index (κ3) is 2.96. The number of hydrogen-bond acceptors (Lipinski definition) is 4. The van der Waals surface area contributed by atoms with E-state index < -0.39 is 10.0 Å². The van der Waals surface area contributed by atoms with Gasteiger partial charge in [-0.2, -0.15) is 0 Å². The Morgan fingerprint density at radius 1 is 1.27 bits per heavy atom. The normalized spacial score (nSPS) is 32.5. The number of rotatable bonds is 4. The molecule has 8 heteroatoms. The minimum atomic E-state index is -3.01. The first-order valence-corrected chi connectivity index (χ1v) is 9.78. The van der Waals surface area contributed by atoms with E-state index in [-0.39, 0.29) is 29.9 Å². The molecular formula is C14H26N4O3S. The Morgan fingerprint density at radius 3 is 2.68 bits per heavy atom. The second-order valence-corrected chi connectivity index (χ2v) is 8.87. The molecule has 0 unspecified atom stereocenters. The van der Waals surface area contributed by atoms with Crippen LogP contribution in [-0.2, 0) is 10.0 Å². The monoisotopic (exact) mass is 330 g/mol. The summed E-state index contributed by atoms with van der Waals surface area (Å²) < 4.78 is 25.2. The summed E-state index contributed by atoms with van der Waals surface area (Å²) in [5.41, 5.74) is 0. The van der Waals surface area contributed by atoms with Crippen LogP contribution in [0.1, 0.15) is 26.7 Å². The molecule has 126 valence electrons. The number of carbonyl (C=O) groups is 1. The van der Waals surface area contributed by atoms with Crippen LogP contribution >= 0.6 is 0 Å². The van der Waals surface area contributed by atoms with E-state index in [1.54, 1.807) is 4.31 Å². The van der Waals surface area contributed by atoms with Crippen molar-refractivity contribution in [2.24, 2.45) is 0 Å². The van der Waals surface area contributed by atoms with Crippen molar-refractivity contribution < 1.29 is 13.2 Å². The van der Waals surface area contributed by atoms with Crippen LogP contribution in [0.5, 0.6) is 0 Å². The molecule has 3 rings (SSSR count). The lowest BCUT2D eigenvalue weighted by molar-refractivity contribution is 0.123. The van der Waals surface area contributed by atoms with Gasteiger partial charge in [-0.15, -0.1) is 0 Å². The molecule has 0 aromatic rings. The number of carbonyl (C=O) groups excluding carboxylic acids is 1. The second kappa shape index (κ2) is 5.98. The highest BCUT2D eigenvalue weighted by Crippen LogP contribution is 2.25. The summed E-state index contributed by atoms with van der Waals surface area (Å²) in [7, 11) is -3.01. The molecule has 3 aliphatic rings. The number of nitrogens with zero attached hydrogens (tertiary/aromatic N) is 3. The Balaban J connectivity index is 1.54. The van der Waals surface area contributed by atoms with Crippen molar-refractivity contribution in [1.29, 1.82) is 0 Å². The van der Waals surface area contributed by atoms with Crippen LogP contribution in [0.3, 0.4) is 0 Å². The summed E-state index contributed by atoms with van der Waals surface area (Å²) in [5, 5.41) is 3.07. The summed E-state index contributed by atoms with van der Waals surface area (Å²) in [6.45, 7) is 7.81. The lowest BCUT2D eigenvalue weighted by Gasteiger charge is -2.38. The molecule has 3 saturated heterocycles. The summed E-state index contributed by atoms with van der Waals surface area (Å²) >= 11 is 0. The fourth-order valence-electron chi connectivity index (χ4n) is 3.88. The van der Waals surface area contributed by atoms with Gasteiger partial charge in [0.1, 0.15) is 0 Å². The molecule has 22 heavy (non-hydrogen) atoms. The highest BCUT2D eigenvalue weighted by molar-refractivity contribution is 7.89. The number of amides is 2. The van der Waals surface area contributed by atoms with Crippen LogP contribution < -0.4 is 5.32 Å². The number of hydrogen-bond donors (Lipinski definition) is 1. The molecule has 1 N–H and O–H groups in total. The summed E-state index contributed by atoms with van der Waals surface area (Å²) in [6, 6.07) is 0.698. The number of likely N-dealkylation sites (tertiary alicyclic amines) is 1. The molecule has 0 bridgehead atoms. The van der Waals surface area contributed by atoms with E-state index in [9.17, 15) is 13.2 Å². The summed E-state index contributed by atoms with van der Waals surface area (Å²) in [6.07, 6.45) is 1.70. The Kier molecular flexibility index (Phi) is 4.35. The van der Waals surface area contributed by atoms with Gasteiger partial charge >= 0.3 is 6.03 Å². The first-order chi connectivity index (χ1) is 10.4. The molecule has 0 aliphatic carbocycles. The lowest BCUT2D eigenvalue weighted by Crippen LogP contribution is -2.53. The zero-order valence-electron chi connectivity index (χ0n) is 13.4. The highest BCUT2D eigenvalue weighted by Gasteiger charge is 2.43. The molecule has 0 saturated carbocycles. The zero-order valence-corrected chi connectivity index (χ0v) is 14.2. The van der Waals surface area contributed by atoms with Gasteiger partial charge in [0, 0.05) is 38.8 Å². The van der Waals surface area contributed by atoms with Gasteiger partial charge in [-0.25, -0.2) is 17.5 Å². The quantitative estimate of drug-likeness (QED) is 0.781. The zero-order chi connectivity index (χ0) is 15.9. The average molecular weight is 330 g/mol. The lowest BCUT2D eigenvalue weighted by atomic mass is 9.99. The Morgan fingerprint density at radius 2 is 2.05 bits per heavy atom. The van der Waals surface area contributed by atoms with Crippen molar-refractivity contribution in [3.8, 4) is 0 Å². The van der Waals surface area contributed by atoms with Crippen LogP contribution in [0, 0.1) is 0 Å². The second-order valence-electron chi connectivity index (χ2n) is 6.78. The van der Waals surface area contributed by atoms with Gasteiger partial charge in [-0.3, -0.25) is 4.90 Å². The maximum absolute atomic E-state index is 12.0. The SMILES string of the molecule is CC(C)N1C(=O)N[C@@H]2CN(CCN3CCCS3(=O)=O)CC[C@@H]21. The number of sulfonamides is 1. The van der Waals surface area contributed by atoms with E-state index in [1.165, 1.54) is 0 Å². The minimum Gasteiger partial charge on any atom is -0.332 e. The van der Waals surface area contributed by atoms with E-state index in [0.717, 1.165) is 32.5 Å². The van der Waals surface area contributed by atoms with E-state index in [1.807, 2.05) is 18.7 Å². The standard InChI is InChI=1S/C14H26N4O3S/c1-11(2)18-13-4-6-16(10-12(13)15-14(18)19)7-8-17-5-3-9-22(17,20)21/h11-13H,3-10H2,1-2H3,(H,15,19)/t12-,13+/m1/s1. The van der Waals surface area contributed by atoms with Crippen molar-refractivity contribution in [2.45, 2.75) is 44.8 Å².